The average molecular weight is 403 g/mol. The number of aromatic nitrogens is 7. The van der Waals surface area contributed by atoms with E-state index >= 15 is 0 Å². The van der Waals surface area contributed by atoms with Crippen LogP contribution in [0.25, 0.3) is 22.5 Å². The number of fused-ring (bicyclic) bond motifs is 1. The van der Waals surface area contributed by atoms with Crippen molar-refractivity contribution in [3.63, 3.8) is 0 Å². The van der Waals surface area contributed by atoms with E-state index in [-0.39, 0.29) is 12.6 Å². The molecule has 152 valence electrons. The molecule has 0 bridgehead atoms. The predicted octanol–water partition coefficient (Wildman–Crippen LogP) is 2.01. The maximum Gasteiger partial charge on any atom is 0.164 e. The standard InChI is InChI=1S/C20H21N9O/c1-3-4-16-11-28(27-26-16)18-10-22-19(6-17(18)25-13(2)12-30)29-20-15(9-24-29)5-14(7-21)8-23-20/h5-6,8-11,13,30H,3-4,12H2,1-2H3,(H,22,25)/t13-/m0/s1. The maximum absolute atomic E-state index is 9.51. The second kappa shape index (κ2) is 8.26. The molecule has 0 aliphatic carbocycles. The summed E-state index contributed by atoms with van der Waals surface area (Å²) >= 11 is 0. The maximum atomic E-state index is 9.51. The van der Waals surface area contributed by atoms with E-state index < -0.39 is 0 Å². The van der Waals surface area contributed by atoms with Crippen molar-refractivity contribution in [1.29, 1.82) is 5.26 Å². The molecule has 0 aliphatic heterocycles. The summed E-state index contributed by atoms with van der Waals surface area (Å²) in [6.07, 6.45) is 8.54. The smallest absolute Gasteiger partial charge is 0.164 e. The Kier molecular flexibility index (Phi) is 5.36. The van der Waals surface area contributed by atoms with Gasteiger partial charge in [-0.15, -0.1) is 5.10 Å². The molecule has 0 fully saturated rings. The SMILES string of the molecule is CCCc1cn(-c2cnc(-n3ncc4cc(C#N)cnc43)cc2N[C@@H](C)CO)nn1. The molecule has 2 N–H and O–H groups in total. The third-order valence-electron chi connectivity index (χ3n) is 4.59. The summed E-state index contributed by atoms with van der Waals surface area (Å²) in [5, 5.41) is 35.4. The number of nitriles is 1. The van der Waals surface area contributed by atoms with E-state index in [1.165, 1.54) is 6.20 Å². The van der Waals surface area contributed by atoms with E-state index in [0.29, 0.717) is 22.7 Å². The Hall–Kier alpha value is -3.84. The first-order chi connectivity index (χ1) is 14.6. The fraction of sp³-hybridized carbons (Fsp3) is 0.300. The molecule has 10 nitrogen and oxygen atoms in total. The van der Waals surface area contributed by atoms with E-state index in [2.05, 4.69) is 43.7 Å². The van der Waals surface area contributed by atoms with Gasteiger partial charge in [0.1, 0.15) is 11.8 Å². The monoisotopic (exact) mass is 403 g/mol. The van der Waals surface area contributed by atoms with Crippen LogP contribution in [0.15, 0.2) is 36.9 Å². The number of anilines is 1. The van der Waals surface area contributed by atoms with Crippen molar-refractivity contribution in [2.45, 2.75) is 32.7 Å². The highest BCUT2D eigenvalue weighted by Crippen LogP contribution is 2.24. The Morgan fingerprint density at radius 1 is 1.23 bits per heavy atom. The molecule has 0 aromatic carbocycles. The number of aryl methyl sites for hydroxylation is 1. The third-order valence-corrected chi connectivity index (χ3v) is 4.59. The first-order valence-electron chi connectivity index (χ1n) is 9.66. The molecule has 4 rings (SSSR count). The summed E-state index contributed by atoms with van der Waals surface area (Å²) in [5.41, 5.74) is 3.41. The summed E-state index contributed by atoms with van der Waals surface area (Å²) in [7, 11) is 0. The Balaban J connectivity index is 1.78. The predicted molar refractivity (Wildman–Crippen MR) is 110 cm³/mol. The molecular formula is C20H21N9O. The minimum atomic E-state index is -0.177. The van der Waals surface area contributed by atoms with Crippen LogP contribution in [0.5, 0.6) is 0 Å². The molecule has 30 heavy (non-hydrogen) atoms. The molecule has 0 spiro atoms. The lowest BCUT2D eigenvalue weighted by atomic mass is 10.2. The van der Waals surface area contributed by atoms with Gasteiger partial charge in [0.05, 0.1) is 42.1 Å². The van der Waals surface area contributed by atoms with Gasteiger partial charge in [0.2, 0.25) is 0 Å². The number of aliphatic hydroxyl groups is 1. The lowest BCUT2D eigenvalue weighted by Crippen LogP contribution is -2.21. The molecule has 0 unspecified atom stereocenters. The normalized spacial score (nSPS) is 12.1. The fourth-order valence-corrected chi connectivity index (χ4v) is 3.10. The Labute approximate surface area is 172 Å². The molecule has 0 saturated heterocycles. The van der Waals surface area contributed by atoms with Crippen LogP contribution in [0, 0.1) is 11.3 Å². The number of pyridine rings is 2. The van der Waals surface area contributed by atoms with E-state index in [1.807, 2.05) is 19.2 Å². The van der Waals surface area contributed by atoms with Crippen LogP contribution in [-0.2, 0) is 6.42 Å². The summed E-state index contributed by atoms with van der Waals surface area (Å²) < 4.78 is 3.28. The molecule has 1 atom stereocenters. The summed E-state index contributed by atoms with van der Waals surface area (Å²) in [4.78, 5) is 8.89. The number of hydrogen-bond donors (Lipinski definition) is 2. The number of nitrogens with one attached hydrogen (secondary N) is 1. The zero-order valence-corrected chi connectivity index (χ0v) is 16.7. The number of hydrogen-bond acceptors (Lipinski definition) is 8. The summed E-state index contributed by atoms with van der Waals surface area (Å²) in [6, 6.07) is 5.46. The number of aliphatic hydroxyl groups excluding tert-OH is 1. The Morgan fingerprint density at radius 2 is 2.10 bits per heavy atom. The minimum absolute atomic E-state index is 0.0290. The van der Waals surface area contributed by atoms with Crippen molar-refractivity contribution in [1.82, 2.24) is 34.7 Å². The summed E-state index contributed by atoms with van der Waals surface area (Å²) in [6.45, 7) is 3.94. The largest absolute Gasteiger partial charge is 0.394 e. The van der Waals surface area contributed by atoms with E-state index in [9.17, 15) is 5.11 Å². The van der Waals surface area contributed by atoms with Gasteiger partial charge in [-0.2, -0.15) is 15.0 Å². The molecule has 4 aromatic heterocycles. The van der Waals surface area contributed by atoms with Gasteiger partial charge >= 0.3 is 0 Å². The summed E-state index contributed by atoms with van der Waals surface area (Å²) in [5.74, 6) is 0.549. The van der Waals surface area contributed by atoms with E-state index in [1.54, 1.807) is 27.8 Å². The van der Waals surface area contributed by atoms with E-state index in [4.69, 9.17) is 5.26 Å². The van der Waals surface area contributed by atoms with Crippen LogP contribution in [-0.4, -0.2) is 52.5 Å². The van der Waals surface area contributed by atoms with Gasteiger partial charge in [0.15, 0.2) is 11.5 Å². The van der Waals surface area contributed by atoms with Gasteiger partial charge in [-0.3, -0.25) is 0 Å². The van der Waals surface area contributed by atoms with Crippen molar-refractivity contribution in [3.05, 3.63) is 48.2 Å². The quantitative estimate of drug-likeness (QED) is 0.479. The number of nitrogens with zero attached hydrogens (tertiary/aromatic N) is 8. The molecule has 4 heterocycles. The first kappa shape index (κ1) is 19.5. The Bertz CT molecular complexity index is 1220. The van der Waals surface area contributed by atoms with Crippen LogP contribution in [0.1, 0.15) is 31.5 Å². The van der Waals surface area contributed by atoms with Gasteiger partial charge < -0.3 is 10.4 Å². The van der Waals surface area contributed by atoms with Crippen LogP contribution >= 0.6 is 0 Å². The zero-order chi connectivity index (χ0) is 21.1. The molecular weight excluding hydrogens is 382 g/mol. The highest BCUT2D eigenvalue weighted by molar-refractivity contribution is 5.77. The molecule has 0 saturated carbocycles. The number of rotatable bonds is 7. The van der Waals surface area contributed by atoms with Crippen molar-refractivity contribution in [2.24, 2.45) is 0 Å². The van der Waals surface area contributed by atoms with Gasteiger partial charge in [-0.1, -0.05) is 18.6 Å². The van der Waals surface area contributed by atoms with Crippen molar-refractivity contribution >= 4 is 16.7 Å². The molecule has 0 amide bonds. The molecule has 0 radical (unpaired) electrons. The topological polar surface area (TPSA) is 130 Å². The zero-order valence-electron chi connectivity index (χ0n) is 16.7. The fourth-order valence-electron chi connectivity index (χ4n) is 3.10. The van der Waals surface area contributed by atoms with Crippen molar-refractivity contribution < 1.29 is 5.11 Å². The molecule has 0 aliphatic rings. The van der Waals surface area contributed by atoms with Crippen molar-refractivity contribution in [2.75, 3.05) is 11.9 Å². The lowest BCUT2D eigenvalue weighted by Gasteiger charge is -2.17. The van der Waals surface area contributed by atoms with Crippen LogP contribution in [0.3, 0.4) is 0 Å². The minimum Gasteiger partial charge on any atom is -0.394 e. The van der Waals surface area contributed by atoms with Gasteiger partial charge in [0.25, 0.3) is 0 Å². The van der Waals surface area contributed by atoms with Gasteiger partial charge in [0, 0.05) is 23.7 Å². The van der Waals surface area contributed by atoms with Crippen LogP contribution in [0.2, 0.25) is 0 Å². The van der Waals surface area contributed by atoms with Gasteiger partial charge in [-0.05, 0) is 19.4 Å². The Morgan fingerprint density at radius 3 is 2.87 bits per heavy atom. The van der Waals surface area contributed by atoms with E-state index in [0.717, 1.165) is 29.6 Å². The third kappa shape index (κ3) is 3.70. The highest BCUT2D eigenvalue weighted by Gasteiger charge is 2.15. The second-order valence-corrected chi connectivity index (χ2v) is 7.00. The molecule has 10 heteroatoms. The average Bonchev–Trinajstić information content (AvgIpc) is 3.40. The highest BCUT2D eigenvalue weighted by atomic mass is 16.3. The van der Waals surface area contributed by atoms with Crippen LogP contribution in [0.4, 0.5) is 5.69 Å². The second-order valence-electron chi connectivity index (χ2n) is 7.00. The van der Waals surface area contributed by atoms with Crippen LogP contribution < -0.4 is 5.32 Å². The molecule has 4 aromatic rings. The van der Waals surface area contributed by atoms with Crippen molar-refractivity contribution in [3.8, 4) is 17.6 Å². The van der Waals surface area contributed by atoms with Gasteiger partial charge in [-0.25, -0.2) is 14.6 Å². The lowest BCUT2D eigenvalue weighted by molar-refractivity contribution is 0.281. The first-order valence-corrected chi connectivity index (χ1v) is 9.66.